The van der Waals surface area contributed by atoms with Crippen LogP contribution in [0.4, 0.5) is 10.1 Å². The Kier molecular flexibility index (Phi) is 6.11. The standard InChI is InChI=1S/C22H18Cl2FN5OS/c1-10(2)18-20(15(32-3)6-7-27-18)30-21-11(9-28-22(30)31)8-13(24)19(29-21)16-14(26)5-4-12(23)17(16)25/h4-10H,26H2,1-3H3. The summed E-state index contributed by atoms with van der Waals surface area (Å²) >= 11 is 13.9. The summed E-state index contributed by atoms with van der Waals surface area (Å²) in [5.41, 5.74) is 7.22. The number of benzene rings is 1. The maximum Gasteiger partial charge on any atom is 0.353 e. The van der Waals surface area contributed by atoms with Crippen LogP contribution >= 0.6 is 35.0 Å². The molecule has 0 saturated heterocycles. The minimum Gasteiger partial charge on any atom is -0.398 e. The Labute approximate surface area is 197 Å². The molecule has 0 amide bonds. The molecule has 3 aromatic heterocycles. The molecule has 0 atom stereocenters. The van der Waals surface area contributed by atoms with E-state index in [9.17, 15) is 9.18 Å². The molecule has 4 aromatic rings. The summed E-state index contributed by atoms with van der Waals surface area (Å²) < 4.78 is 16.3. The van der Waals surface area contributed by atoms with Crippen LogP contribution in [0.3, 0.4) is 0 Å². The molecular formula is C22H18Cl2FN5OS. The van der Waals surface area contributed by atoms with Crippen LogP contribution in [0.5, 0.6) is 0 Å². The maximum atomic E-state index is 14.9. The number of nitrogens with two attached hydrogens (primary N) is 1. The van der Waals surface area contributed by atoms with Crippen LogP contribution in [0.1, 0.15) is 25.5 Å². The van der Waals surface area contributed by atoms with Gasteiger partial charge in [0, 0.05) is 28.4 Å². The lowest BCUT2D eigenvalue weighted by molar-refractivity contribution is 0.632. The van der Waals surface area contributed by atoms with Gasteiger partial charge in [-0.15, -0.1) is 11.8 Å². The molecule has 0 spiro atoms. The largest absolute Gasteiger partial charge is 0.398 e. The van der Waals surface area contributed by atoms with Gasteiger partial charge >= 0.3 is 5.69 Å². The van der Waals surface area contributed by atoms with Crippen LogP contribution in [0.15, 0.2) is 46.3 Å². The first-order valence-corrected chi connectivity index (χ1v) is 11.6. The van der Waals surface area contributed by atoms with Crippen molar-refractivity contribution in [2.24, 2.45) is 0 Å². The fourth-order valence-electron chi connectivity index (χ4n) is 3.49. The zero-order valence-corrected chi connectivity index (χ0v) is 19.7. The summed E-state index contributed by atoms with van der Waals surface area (Å²) in [5.74, 6) is -0.718. The third-order valence-electron chi connectivity index (χ3n) is 4.97. The number of thioether (sulfide) groups is 1. The summed E-state index contributed by atoms with van der Waals surface area (Å²) in [7, 11) is 0. The second-order valence-corrected chi connectivity index (χ2v) is 9.00. The fraction of sp³-hybridized carbons (Fsp3) is 0.182. The topological polar surface area (TPSA) is 86.7 Å². The summed E-state index contributed by atoms with van der Waals surface area (Å²) in [5, 5.41) is 0.543. The molecule has 2 N–H and O–H groups in total. The highest BCUT2D eigenvalue weighted by Crippen LogP contribution is 2.38. The van der Waals surface area contributed by atoms with E-state index in [0.717, 1.165) is 4.90 Å². The number of hydrogen-bond donors (Lipinski definition) is 1. The molecule has 0 fully saturated rings. The SMILES string of the molecule is CSc1ccnc(C(C)C)c1-n1c(=O)ncc2cc(Cl)c(-c3c(N)ccc(Cl)c3F)nc21. The summed E-state index contributed by atoms with van der Waals surface area (Å²) in [6.07, 6.45) is 5.00. The molecule has 0 aliphatic heterocycles. The van der Waals surface area contributed by atoms with E-state index in [1.54, 1.807) is 12.3 Å². The van der Waals surface area contributed by atoms with Gasteiger partial charge in [0.2, 0.25) is 0 Å². The van der Waals surface area contributed by atoms with E-state index in [-0.39, 0.29) is 38.6 Å². The van der Waals surface area contributed by atoms with Gasteiger partial charge in [0.05, 0.1) is 32.7 Å². The van der Waals surface area contributed by atoms with Crippen LogP contribution in [0.2, 0.25) is 10.0 Å². The van der Waals surface area contributed by atoms with Crippen LogP contribution in [0.25, 0.3) is 28.0 Å². The number of rotatable bonds is 4. The van der Waals surface area contributed by atoms with Gasteiger partial charge in [-0.05, 0) is 36.4 Å². The molecule has 0 radical (unpaired) electrons. The minimum atomic E-state index is -0.739. The molecule has 1 aromatic carbocycles. The molecule has 3 heterocycles. The average molecular weight is 490 g/mol. The molecule has 0 aliphatic carbocycles. The molecule has 6 nitrogen and oxygen atoms in total. The lowest BCUT2D eigenvalue weighted by atomic mass is 10.1. The Balaban J connectivity index is 2.15. The Morgan fingerprint density at radius 2 is 1.91 bits per heavy atom. The molecule has 10 heteroatoms. The third-order valence-corrected chi connectivity index (χ3v) is 6.32. The first-order chi connectivity index (χ1) is 15.2. The van der Waals surface area contributed by atoms with Gasteiger partial charge in [0.15, 0.2) is 11.5 Å². The van der Waals surface area contributed by atoms with E-state index in [4.69, 9.17) is 28.9 Å². The molecule has 32 heavy (non-hydrogen) atoms. The minimum absolute atomic E-state index is 0.0204. The van der Waals surface area contributed by atoms with Crippen molar-refractivity contribution in [2.45, 2.75) is 24.7 Å². The molecule has 164 valence electrons. The number of fused-ring (bicyclic) bond motifs is 1. The van der Waals surface area contributed by atoms with Crippen molar-refractivity contribution < 1.29 is 4.39 Å². The van der Waals surface area contributed by atoms with Crippen molar-refractivity contribution in [1.29, 1.82) is 0 Å². The summed E-state index contributed by atoms with van der Waals surface area (Å²) in [6.45, 7) is 3.97. The zero-order valence-electron chi connectivity index (χ0n) is 17.4. The normalized spacial score (nSPS) is 11.5. The van der Waals surface area contributed by atoms with E-state index in [1.165, 1.54) is 34.7 Å². The molecule has 0 bridgehead atoms. The smallest absolute Gasteiger partial charge is 0.353 e. The molecular weight excluding hydrogens is 472 g/mol. The molecule has 4 rings (SSSR count). The van der Waals surface area contributed by atoms with Gasteiger partial charge < -0.3 is 5.73 Å². The second kappa shape index (κ2) is 8.69. The van der Waals surface area contributed by atoms with Crippen molar-refractivity contribution >= 4 is 51.7 Å². The Morgan fingerprint density at radius 3 is 2.59 bits per heavy atom. The van der Waals surface area contributed by atoms with Crippen LogP contribution in [0, 0.1) is 5.82 Å². The number of pyridine rings is 2. The Bertz CT molecular complexity index is 1420. The zero-order chi connectivity index (χ0) is 23.2. The Morgan fingerprint density at radius 1 is 1.16 bits per heavy atom. The van der Waals surface area contributed by atoms with E-state index in [2.05, 4.69) is 15.0 Å². The highest BCUT2D eigenvalue weighted by atomic mass is 35.5. The highest BCUT2D eigenvalue weighted by molar-refractivity contribution is 7.98. The lowest BCUT2D eigenvalue weighted by Gasteiger charge is -2.18. The van der Waals surface area contributed by atoms with Gasteiger partial charge in [-0.3, -0.25) is 4.98 Å². The van der Waals surface area contributed by atoms with E-state index in [0.29, 0.717) is 16.8 Å². The lowest BCUT2D eigenvalue weighted by Crippen LogP contribution is -2.24. The van der Waals surface area contributed by atoms with Crippen molar-refractivity contribution in [2.75, 3.05) is 12.0 Å². The predicted octanol–water partition coefficient (Wildman–Crippen LogP) is 5.72. The van der Waals surface area contributed by atoms with Crippen LogP contribution in [-0.2, 0) is 0 Å². The van der Waals surface area contributed by atoms with E-state index >= 15 is 0 Å². The molecule has 0 aliphatic rings. The van der Waals surface area contributed by atoms with Crippen LogP contribution < -0.4 is 11.4 Å². The summed E-state index contributed by atoms with van der Waals surface area (Å²) in [4.78, 5) is 26.9. The van der Waals surface area contributed by atoms with Gasteiger partial charge in [-0.25, -0.2) is 23.7 Å². The number of nitrogens with zero attached hydrogens (tertiary/aromatic N) is 4. The van der Waals surface area contributed by atoms with Crippen molar-refractivity contribution in [3.63, 3.8) is 0 Å². The van der Waals surface area contributed by atoms with Gasteiger partial charge in [0.25, 0.3) is 0 Å². The van der Waals surface area contributed by atoms with Gasteiger partial charge in [-0.2, -0.15) is 0 Å². The summed E-state index contributed by atoms with van der Waals surface area (Å²) in [6, 6.07) is 6.24. The first-order valence-electron chi connectivity index (χ1n) is 9.60. The maximum absolute atomic E-state index is 14.9. The number of anilines is 1. The second-order valence-electron chi connectivity index (χ2n) is 7.34. The predicted molar refractivity (Wildman–Crippen MR) is 129 cm³/mol. The quantitative estimate of drug-likeness (QED) is 0.291. The number of halogens is 3. The third kappa shape index (κ3) is 3.72. The monoisotopic (exact) mass is 489 g/mol. The number of hydrogen-bond acceptors (Lipinski definition) is 6. The molecule has 0 saturated carbocycles. The van der Waals surface area contributed by atoms with Crippen molar-refractivity contribution in [3.05, 3.63) is 68.7 Å². The highest BCUT2D eigenvalue weighted by Gasteiger charge is 2.22. The Hall–Kier alpha value is -2.68. The van der Waals surface area contributed by atoms with Crippen molar-refractivity contribution in [1.82, 2.24) is 19.5 Å². The van der Waals surface area contributed by atoms with Gasteiger partial charge in [0.1, 0.15) is 0 Å². The average Bonchev–Trinajstić information content (AvgIpc) is 2.76. The number of aromatic nitrogens is 4. The fourth-order valence-corrected chi connectivity index (χ4v) is 4.49. The van der Waals surface area contributed by atoms with Crippen molar-refractivity contribution in [3.8, 4) is 16.9 Å². The van der Waals surface area contributed by atoms with E-state index < -0.39 is 11.5 Å². The first kappa shape index (κ1) is 22.5. The van der Waals surface area contributed by atoms with Gasteiger partial charge in [-0.1, -0.05) is 37.0 Å². The van der Waals surface area contributed by atoms with Crippen LogP contribution in [-0.4, -0.2) is 25.8 Å². The number of nitrogen functional groups attached to an aromatic ring is 1. The van der Waals surface area contributed by atoms with E-state index in [1.807, 2.05) is 26.2 Å². The molecule has 0 unspecified atom stereocenters.